The molecule has 3 nitrogen and oxygen atoms in total. The molecule has 1 heterocycles. The van der Waals surface area contributed by atoms with E-state index in [1.54, 1.807) is 29.5 Å². The van der Waals surface area contributed by atoms with Crippen molar-refractivity contribution in [1.82, 2.24) is 0 Å². The van der Waals surface area contributed by atoms with Gasteiger partial charge in [-0.3, -0.25) is 0 Å². The van der Waals surface area contributed by atoms with Crippen molar-refractivity contribution in [2.45, 2.75) is 26.8 Å². The van der Waals surface area contributed by atoms with Gasteiger partial charge in [-0.25, -0.2) is 0 Å². The van der Waals surface area contributed by atoms with E-state index in [0.717, 1.165) is 5.69 Å². The van der Waals surface area contributed by atoms with Crippen molar-refractivity contribution in [2.75, 3.05) is 11.1 Å². The van der Waals surface area contributed by atoms with E-state index in [9.17, 15) is 0 Å². The summed E-state index contributed by atoms with van der Waals surface area (Å²) in [7, 11) is 0. The lowest BCUT2D eigenvalue weighted by Gasteiger charge is -2.17. The zero-order valence-electron chi connectivity index (χ0n) is 11.3. The molecule has 0 fully saturated rings. The maximum atomic E-state index is 8.93. The number of aryl methyl sites for hydroxylation is 2. The number of benzene rings is 1. The lowest BCUT2D eigenvalue weighted by Crippen LogP contribution is -2.08. The summed E-state index contributed by atoms with van der Waals surface area (Å²) >= 11 is 1.80. The standard InChI is InChI=1S/C15H17N3S/c1-9-6-13(11(3)19-9)10(2)18-15-7-12(8-16)4-5-14(15)17/h4-7,10,18H,17H2,1-3H3. The molecule has 0 amide bonds. The van der Waals surface area contributed by atoms with Gasteiger partial charge in [-0.05, 0) is 50.6 Å². The summed E-state index contributed by atoms with van der Waals surface area (Å²) in [6, 6.07) is 9.78. The first kappa shape index (κ1) is 13.4. The Kier molecular flexibility index (Phi) is 3.77. The van der Waals surface area contributed by atoms with Crippen molar-refractivity contribution in [3.05, 3.63) is 45.1 Å². The molecule has 0 bridgehead atoms. The number of nitrogens with one attached hydrogen (secondary N) is 1. The fraction of sp³-hybridized carbons (Fsp3) is 0.267. The number of hydrogen-bond donors (Lipinski definition) is 2. The van der Waals surface area contributed by atoms with Crippen LogP contribution in [0.3, 0.4) is 0 Å². The predicted octanol–water partition coefficient (Wildman–Crippen LogP) is 3.99. The zero-order valence-corrected chi connectivity index (χ0v) is 12.1. The van der Waals surface area contributed by atoms with E-state index in [0.29, 0.717) is 11.3 Å². The van der Waals surface area contributed by atoms with Crippen LogP contribution in [0.4, 0.5) is 11.4 Å². The van der Waals surface area contributed by atoms with Gasteiger partial charge in [0.1, 0.15) is 0 Å². The van der Waals surface area contributed by atoms with Gasteiger partial charge in [-0.15, -0.1) is 11.3 Å². The van der Waals surface area contributed by atoms with Gasteiger partial charge >= 0.3 is 0 Å². The quantitative estimate of drug-likeness (QED) is 0.830. The third-order valence-corrected chi connectivity index (χ3v) is 4.08. The van der Waals surface area contributed by atoms with Gasteiger partial charge < -0.3 is 11.1 Å². The second-order valence-electron chi connectivity index (χ2n) is 4.65. The average molecular weight is 271 g/mol. The van der Waals surface area contributed by atoms with Gasteiger partial charge in [0.2, 0.25) is 0 Å². The van der Waals surface area contributed by atoms with Crippen molar-refractivity contribution >= 4 is 22.7 Å². The van der Waals surface area contributed by atoms with Crippen LogP contribution in [0, 0.1) is 25.2 Å². The molecular formula is C15H17N3S. The summed E-state index contributed by atoms with van der Waals surface area (Å²) < 4.78 is 0. The Hall–Kier alpha value is -1.99. The molecule has 2 aromatic rings. The van der Waals surface area contributed by atoms with Crippen molar-refractivity contribution in [2.24, 2.45) is 0 Å². The number of nitriles is 1. The van der Waals surface area contributed by atoms with Gasteiger partial charge in [0.25, 0.3) is 0 Å². The molecule has 1 atom stereocenters. The molecule has 1 aromatic heterocycles. The second-order valence-corrected chi connectivity index (χ2v) is 6.11. The van der Waals surface area contributed by atoms with Crippen LogP contribution in [0.25, 0.3) is 0 Å². The lowest BCUT2D eigenvalue weighted by atomic mass is 10.1. The smallest absolute Gasteiger partial charge is 0.0992 e. The van der Waals surface area contributed by atoms with E-state index in [4.69, 9.17) is 11.0 Å². The molecule has 0 aliphatic rings. The van der Waals surface area contributed by atoms with Gasteiger partial charge in [0.15, 0.2) is 0 Å². The van der Waals surface area contributed by atoms with Gasteiger partial charge in [0.05, 0.1) is 23.0 Å². The van der Waals surface area contributed by atoms with Crippen LogP contribution in [0.2, 0.25) is 0 Å². The van der Waals surface area contributed by atoms with E-state index >= 15 is 0 Å². The Labute approximate surface area is 117 Å². The largest absolute Gasteiger partial charge is 0.397 e. The SMILES string of the molecule is Cc1cc(C(C)Nc2cc(C#N)ccc2N)c(C)s1. The summed E-state index contributed by atoms with van der Waals surface area (Å²) in [5, 5.41) is 12.3. The average Bonchev–Trinajstić information content (AvgIpc) is 2.71. The van der Waals surface area contributed by atoms with Crippen molar-refractivity contribution in [3.63, 3.8) is 0 Å². The minimum atomic E-state index is 0.168. The molecule has 3 N–H and O–H groups in total. The molecule has 0 spiro atoms. The second kappa shape index (κ2) is 5.33. The number of thiophene rings is 1. The normalized spacial score (nSPS) is 11.9. The third kappa shape index (κ3) is 2.88. The molecule has 0 aliphatic carbocycles. The fourth-order valence-electron chi connectivity index (χ4n) is 2.14. The van der Waals surface area contributed by atoms with E-state index in [1.807, 2.05) is 0 Å². The van der Waals surface area contributed by atoms with E-state index < -0.39 is 0 Å². The number of hydrogen-bond acceptors (Lipinski definition) is 4. The first-order valence-corrected chi connectivity index (χ1v) is 6.96. The van der Waals surface area contributed by atoms with Crippen LogP contribution in [-0.2, 0) is 0 Å². The number of nitrogen functional groups attached to an aromatic ring is 1. The third-order valence-electron chi connectivity index (χ3n) is 3.10. The molecule has 0 radical (unpaired) electrons. The monoisotopic (exact) mass is 271 g/mol. The van der Waals surface area contributed by atoms with Gasteiger partial charge in [-0.2, -0.15) is 5.26 Å². The minimum Gasteiger partial charge on any atom is -0.397 e. The fourth-order valence-corrected chi connectivity index (χ4v) is 3.16. The maximum Gasteiger partial charge on any atom is 0.0992 e. The Bertz CT molecular complexity index is 637. The molecule has 98 valence electrons. The predicted molar refractivity (Wildman–Crippen MR) is 81.4 cm³/mol. The van der Waals surface area contributed by atoms with Crippen molar-refractivity contribution in [1.29, 1.82) is 5.26 Å². The van der Waals surface area contributed by atoms with E-state index in [-0.39, 0.29) is 6.04 Å². The number of anilines is 2. The molecule has 4 heteroatoms. The highest BCUT2D eigenvalue weighted by molar-refractivity contribution is 7.12. The molecule has 1 unspecified atom stereocenters. The highest BCUT2D eigenvalue weighted by Gasteiger charge is 2.12. The highest BCUT2D eigenvalue weighted by atomic mass is 32.1. The summed E-state index contributed by atoms with van der Waals surface area (Å²) in [4.78, 5) is 2.62. The van der Waals surface area contributed by atoms with Crippen LogP contribution in [0.1, 0.15) is 33.8 Å². The van der Waals surface area contributed by atoms with Crippen LogP contribution < -0.4 is 11.1 Å². The molecule has 0 aliphatic heterocycles. The minimum absolute atomic E-state index is 0.168. The van der Waals surface area contributed by atoms with E-state index in [1.165, 1.54) is 15.3 Å². The summed E-state index contributed by atoms with van der Waals surface area (Å²) in [6.07, 6.45) is 0. The van der Waals surface area contributed by atoms with Crippen LogP contribution in [0.15, 0.2) is 24.3 Å². The van der Waals surface area contributed by atoms with Crippen LogP contribution >= 0.6 is 11.3 Å². The Morgan fingerprint density at radius 2 is 2.05 bits per heavy atom. The molecule has 2 rings (SSSR count). The molecule has 0 saturated carbocycles. The number of nitrogens with two attached hydrogens (primary N) is 1. The summed E-state index contributed by atoms with van der Waals surface area (Å²) in [5.41, 5.74) is 9.32. The van der Waals surface area contributed by atoms with Crippen molar-refractivity contribution in [3.8, 4) is 6.07 Å². The Balaban J connectivity index is 2.26. The van der Waals surface area contributed by atoms with Gasteiger partial charge in [-0.1, -0.05) is 0 Å². The summed E-state index contributed by atoms with van der Waals surface area (Å²) in [6.45, 7) is 6.34. The first-order chi connectivity index (χ1) is 9.01. The number of rotatable bonds is 3. The lowest BCUT2D eigenvalue weighted by molar-refractivity contribution is 0.882. The molecule has 0 saturated heterocycles. The summed E-state index contributed by atoms with van der Waals surface area (Å²) in [5.74, 6) is 0. The molecule has 1 aromatic carbocycles. The Morgan fingerprint density at radius 3 is 2.63 bits per heavy atom. The Morgan fingerprint density at radius 1 is 1.32 bits per heavy atom. The van der Waals surface area contributed by atoms with E-state index in [2.05, 4.69) is 38.2 Å². The van der Waals surface area contributed by atoms with Crippen molar-refractivity contribution < 1.29 is 0 Å². The molecular weight excluding hydrogens is 254 g/mol. The maximum absolute atomic E-state index is 8.93. The van der Waals surface area contributed by atoms with Crippen LogP contribution in [0.5, 0.6) is 0 Å². The van der Waals surface area contributed by atoms with Gasteiger partial charge in [0, 0.05) is 15.8 Å². The highest BCUT2D eigenvalue weighted by Crippen LogP contribution is 2.30. The molecule has 19 heavy (non-hydrogen) atoms. The zero-order chi connectivity index (χ0) is 14.0. The number of nitrogens with zero attached hydrogens (tertiary/aromatic N) is 1. The first-order valence-electron chi connectivity index (χ1n) is 6.14. The topological polar surface area (TPSA) is 61.8 Å². The van der Waals surface area contributed by atoms with Crippen LogP contribution in [-0.4, -0.2) is 0 Å².